The quantitative estimate of drug-likeness (QED) is 0.829. The third-order valence-corrected chi connectivity index (χ3v) is 6.62. The number of amides is 1. The molecule has 0 N–H and O–H groups in total. The summed E-state index contributed by atoms with van der Waals surface area (Å²) in [6.07, 6.45) is 0.641. The molecule has 0 radical (unpaired) electrons. The summed E-state index contributed by atoms with van der Waals surface area (Å²) >= 11 is 0. The van der Waals surface area contributed by atoms with E-state index >= 15 is 0 Å². The Morgan fingerprint density at radius 2 is 1.81 bits per heavy atom. The van der Waals surface area contributed by atoms with Crippen LogP contribution in [0.5, 0.6) is 0 Å². The second-order valence-corrected chi connectivity index (χ2v) is 8.89. The van der Waals surface area contributed by atoms with Gasteiger partial charge in [-0.05, 0) is 55.7 Å². The average molecular weight is 372 g/mol. The fourth-order valence-corrected chi connectivity index (χ4v) is 4.84. The average Bonchev–Trinajstić information content (AvgIpc) is 2.96. The van der Waals surface area contributed by atoms with E-state index in [4.69, 9.17) is 0 Å². The second-order valence-electron chi connectivity index (χ2n) is 6.88. The Balaban J connectivity index is 1.73. The topological polar surface area (TPSA) is 57.7 Å². The standard InChI is InChI=1S/C20H24N2O3S/c1-15-5-6-18(16(2)13-15)14-21(3)20(23)17-7-9-19(10-8-17)22-11-4-12-26(22,24)25/h5-10,13H,4,11-12,14H2,1-3H3. The number of carbonyl (C=O) groups excluding carboxylic acids is 1. The molecular weight excluding hydrogens is 348 g/mol. The molecular formula is C20H24N2O3S. The summed E-state index contributed by atoms with van der Waals surface area (Å²) in [5.41, 5.74) is 4.66. The monoisotopic (exact) mass is 372 g/mol. The van der Waals surface area contributed by atoms with Crippen molar-refractivity contribution in [1.29, 1.82) is 0 Å². The van der Waals surface area contributed by atoms with Crippen molar-refractivity contribution < 1.29 is 13.2 Å². The number of rotatable bonds is 4. The maximum Gasteiger partial charge on any atom is 0.253 e. The van der Waals surface area contributed by atoms with Gasteiger partial charge in [-0.15, -0.1) is 0 Å². The van der Waals surface area contributed by atoms with Crippen LogP contribution in [0.2, 0.25) is 0 Å². The molecule has 0 bridgehead atoms. The molecule has 0 spiro atoms. The fourth-order valence-electron chi connectivity index (χ4n) is 3.27. The summed E-state index contributed by atoms with van der Waals surface area (Å²) in [6.45, 7) is 5.13. The fraction of sp³-hybridized carbons (Fsp3) is 0.350. The zero-order valence-corrected chi connectivity index (χ0v) is 16.2. The predicted molar refractivity (Wildman–Crippen MR) is 104 cm³/mol. The molecule has 0 aromatic heterocycles. The van der Waals surface area contributed by atoms with E-state index in [-0.39, 0.29) is 11.7 Å². The zero-order chi connectivity index (χ0) is 18.9. The van der Waals surface area contributed by atoms with Crippen LogP contribution in [0.25, 0.3) is 0 Å². The van der Waals surface area contributed by atoms with Crippen LogP contribution < -0.4 is 4.31 Å². The largest absolute Gasteiger partial charge is 0.337 e. The van der Waals surface area contributed by atoms with Crippen molar-refractivity contribution in [3.8, 4) is 0 Å². The highest BCUT2D eigenvalue weighted by Gasteiger charge is 2.28. The molecule has 138 valence electrons. The van der Waals surface area contributed by atoms with Gasteiger partial charge in [0.1, 0.15) is 0 Å². The number of carbonyl (C=O) groups is 1. The van der Waals surface area contributed by atoms with Crippen LogP contribution in [-0.4, -0.2) is 38.6 Å². The highest BCUT2D eigenvalue weighted by atomic mass is 32.2. The lowest BCUT2D eigenvalue weighted by Gasteiger charge is -2.20. The van der Waals surface area contributed by atoms with Gasteiger partial charge in [0, 0.05) is 25.7 Å². The van der Waals surface area contributed by atoms with E-state index in [1.165, 1.54) is 15.4 Å². The molecule has 1 fully saturated rings. The predicted octanol–water partition coefficient (Wildman–Crippen LogP) is 3.12. The van der Waals surface area contributed by atoms with Crippen molar-refractivity contribution in [3.05, 3.63) is 64.7 Å². The van der Waals surface area contributed by atoms with Gasteiger partial charge in [0.2, 0.25) is 10.0 Å². The normalized spacial score (nSPS) is 15.9. The Hall–Kier alpha value is -2.34. The van der Waals surface area contributed by atoms with Crippen molar-refractivity contribution >= 4 is 21.6 Å². The van der Waals surface area contributed by atoms with Crippen molar-refractivity contribution in [1.82, 2.24) is 4.90 Å². The van der Waals surface area contributed by atoms with Gasteiger partial charge in [-0.1, -0.05) is 23.8 Å². The molecule has 0 saturated carbocycles. The summed E-state index contributed by atoms with van der Waals surface area (Å²) in [5.74, 6) is 0.104. The minimum absolute atomic E-state index is 0.0826. The maximum absolute atomic E-state index is 12.7. The van der Waals surface area contributed by atoms with Gasteiger partial charge in [0.25, 0.3) is 5.91 Å². The van der Waals surface area contributed by atoms with Gasteiger partial charge >= 0.3 is 0 Å². The van der Waals surface area contributed by atoms with Gasteiger partial charge in [-0.3, -0.25) is 9.10 Å². The molecule has 1 aliphatic heterocycles. The Kier molecular flexibility index (Phi) is 5.05. The molecule has 3 rings (SSSR count). The molecule has 0 atom stereocenters. The lowest BCUT2D eigenvalue weighted by Crippen LogP contribution is -2.27. The van der Waals surface area contributed by atoms with E-state index in [1.807, 2.05) is 19.9 Å². The van der Waals surface area contributed by atoms with E-state index in [2.05, 4.69) is 12.1 Å². The van der Waals surface area contributed by atoms with E-state index in [1.54, 1.807) is 36.2 Å². The summed E-state index contributed by atoms with van der Waals surface area (Å²) in [5, 5.41) is 0. The van der Waals surface area contributed by atoms with Crippen LogP contribution in [0.15, 0.2) is 42.5 Å². The lowest BCUT2D eigenvalue weighted by atomic mass is 10.1. The van der Waals surface area contributed by atoms with Crippen molar-refractivity contribution in [2.45, 2.75) is 26.8 Å². The minimum atomic E-state index is -3.20. The van der Waals surface area contributed by atoms with Gasteiger partial charge in [0.15, 0.2) is 0 Å². The maximum atomic E-state index is 12.7. The molecule has 1 amide bonds. The minimum Gasteiger partial charge on any atom is -0.337 e. The van der Waals surface area contributed by atoms with E-state index in [0.717, 1.165) is 5.56 Å². The second kappa shape index (κ2) is 7.11. The number of anilines is 1. The molecule has 26 heavy (non-hydrogen) atoms. The van der Waals surface area contributed by atoms with Crippen molar-refractivity contribution in [2.75, 3.05) is 23.7 Å². The summed E-state index contributed by atoms with van der Waals surface area (Å²) in [7, 11) is -1.42. The summed E-state index contributed by atoms with van der Waals surface area (Å²) < 4.78 is 25.4. The first kappa shape index (κ1) is 18.5. The van der Waals surface area contributed by atoms with Gasteiger partial charge in [-0.2, -0.15) is 0 Å². The van der Waals surface area contributed by atoms with Gasteiger partial charge in [-0.25, -0.2) is 8.42 Å². The number of nitrogens with zero attached hydrogens (tertiary/aromatic N) is 2. The smallest absolute Gasteiger partial charge is 0.253 e. The third kappa shape index (κ3) is 3.75. The third-order valence-electron chi connectivity index (χ3n) is 4.75. The molecule has 0 aliphatic carbocycles. The molecule has 0 unspecified atom stereocenters. The zero-order valence-electron chi connectivity index (χ0n) is 15.4. The Labute approximate surface area is 155 Å². The molecule has 1 aliphatic rings. The molecule has 1 heterocycles. The van der Waals surface area contributed by atoms with Gasteiger partial charge in [0.05, 0.1) is 11.4 Å². The van der Waals surface area contributed by atoms with Crippen molar-refractivity contribution in [2.24, 2.45) is 0 Å². The van der Waals surface area contributed by atoms with E-state index < -0.39 is 10.0 Å². The van der Waals surface area contributed by atoms with Gasteiger partial charge < -0.3 is 4.90 Å². The van der Waals surface area contributed by atoms with E-state index in [9.17, 15) is 13.2 Å². The number of benzene rings is 2. The molecule has 1 saturated heterocycles. The van der Waals surface area contributed by atoms with Crippen LogP contribution in [0.1, 0.15) is 33.5 Å². The SMILES string of the molecule is Cc1ccc(CN(C)C(=O)c2ccc(N3CCCS3(=O)=O)cc2)c(C)c1. The van der Waals surface area contributed by atoms with E-state index in [0.29, 0.717) is 30.8 Å². The first-order chi connectivity index (χ1) is 12.3. The van der Waals surface area contributed by atoms with Crippen LogP contribution >= 0.6 is 0 Å². The van der Waals surface area contributed by atoms with Crippen LogP contribution in [0, 0.1) is 13.8 Å². The Bertz CT molecular complexity index is 921. The molecule has 2 aromatic rings. The summed E-state index contributed by atoms with van der Waals surface area (Å²) in [4.78, 5) is 14.4. The Morgan fingerprint density at radius 1 is 1.12 bits per heavy atom. The number of hydrogen-bond donors (Lipinski definition) is 0. The number of hydrogen-bond acceptors (Lipinski definition) is 3. The number of aryl methyl sites for hydroxylation is 2. The van der Waals surface area contributed by atoms with Crippen molar-refractivity contribution in [3.63, 3.8) is 0 Å². The van der Waals surface area contributed by atoms with Crippen LogP contribution in [0.4, 0.5) is 5.69 Å². The highest BCUT2D eigenvalue weighted by Crippen LogP contribution is 2.24. The Morgan fingerprint density at radius 3 is 2.38 bits per heavy atom. The first-order valence-electron chi connectivity index (χ1n) is 8.70. The first-order valence-corrected chi connectivity index (χ1v) is 10.3. The molecule has 5 nitrogen and oxygen atoms in total. The lowest BCUT2D eigenvalue weighted by molar-refractivity contribution is 0.0785. The van der Waals surface area contributed by atoms with Crippen LogP contribution in [0.3, 0.4) is 0 Å². The molecule has 2 aromatic carbocycles. The molecule has 6 heteroatoms. The van der Waals surface area contributed by atoms with Crippen LogP contribution in [-0.2, 0) is 16.6 Å². The number of sulfonamides is 1. The summed E-state index contributed by atoms with van der Waals surface area (Å²) in [6, 6.07) is 13.0. The highest BCUT2D eigenvalue weighted by molar-refractivity contribution is 7.93.